The van der Waals surface area contributed by atoms with Gasteiger partial charge in [0.25, 0.3) is 0 Å². The largest absolute Gasteiger partial charge is 0.379 e. The van der Waals surface area contributed by atoms with Crippen molar-refractivity contribution in [3.63, 3.8) is 0 Å². The maximum atomic E-state index is 13.1. The second-order valence-electron chi connectivity index (χ2n) is 8.06. The lowest BCUT2D eigenvalue weighted by Gasteiger charge is -2.32. The Balaban J connectivity index is 1.57. The molecule has 0 atom stereocenters. The highest BCUT2D eigenvalue weighted by atomic mass is 32.2. The van der Waals surface area contributed by atoms with Gasteiger partial charge >= 0.3 is 0 Å². The number of carbonyl (C=O) groups is 1. The molecule has 1 saturated heterocycles. The Hall–Kier alpha value is -2.47. The predicted octanol–water partition coefficient (Wildman–Crippen LogP) is 1.45. The molecule has 11 heteroatoms. The van der Waals surface area contributed by atoms with Gasteiger partial charge in [0, 0.05) is 25.3 Å². The van der Waals surface area contributed by atoms with Gasteiger partial charge in [-0.3, -0.25) is 9.10 Å². The second-order valence-corrected chi connectivity index (χ2v) is 11.9. The van der Waals surface area contributed by atoms with Gasteiger partial charge < -0.3 is 9.64 Å². The maximum absolute atomic E-state index is 13.1. The molecular weight excluding hydrogens is 466 g/mol. The fourth-order valence-electron chi connectivity index (χ4n) is 4.12. The Labute approximate surface area is 194 Å². The van der Waals surface area contributed by atoms with Crippen molar-refractivity contribution in [2.24, 2.45) is 0 Å². The molecule has 0 radical (unpaired) electrons. The van der Waals surface area contributed by atoms with Crippen LogP contribution in [-0.4, -0.2) is 72.7 Å². The first kappa shape index (κ1) is 23.7. The number of rotatable bonds is 6. The zero-order valence-electron chi connectivity index (χ0n) is 18.4. The molecule has 0 bridgehead atoms. The van der Waals surface area contributed by atoms with Crippen molar-refractivity contribution in [3.05, 3.63) is 54.1 Å². The minimum absolute atomic E-state index is 0.0675. The zero-order chi connectivity index (χ0) is 23.6. The Morgan fingerprint density at radius 1 is 0.970 bits per heavy atom. The molecule has 4 rings (SSSR count). The first-order valence-corrected chi connectivity index (χ1v) is 14.0. The highest BCUT2D eigenvalue weighted by Gasteiger charge is 2.29. The van der Waals surface area contributed by atoms with Gasteiger partial charge in [0.05, 0.1) is 30.1 Å². The van der Waals surface area contributed by atoms with E-state index in [2.05, 4.69) is 0 Å². The number of sulfonamides is 2. The number of anilines is 2. The molecule has 2 aromatic carbocycles. The number of hydrogen-bond donors (Lipinski definition) is 0. The standard InChI is InChI=1S/C22H27N3O6S2/c1-32(27,28)25(17-22(26)24-12-4-6-18-5-2-3-7-21(18)24)19-8-10-20(11-9-19)33(29,30)23-13-15-31-16-14-23/h2-3,5,7-11H,4,6,12-17H2,1H3. The van der Waals surface area contributed by atoms with Crippen LogP contribution in [-0.2, 0) is 36.0 Å². The average Bonchev–Trinajstić information content (AvgIpc) is 2.82. The first-order valence-electron chi connectivity index (χ1n) is 10.7. The van der Waals surface area contributed by atoms with Crippen molar-refractivity contribution < 1.29 is 26.4 Å². The number of hydrogen-bond acceptors (Lipinski definition) is 6. The molecule has 178 valence electrons. The van der Waals surface area contributed by atoms with Crippen LogP contribution in [0.4, 0.5) is 11.4 Å². The normalized spacial score (nSPS) is 17.4. The Morgan fingerprint density at radius 3 is 2.30 bits per heavy atom. The molecule has 0 aromatic heterocycles. The average molecular weight is 494 g/mol. The van der Waals surface area contributed by atoms with Crippen LogP contribution in [0.3, 0.4) is 0 Å². The summed E-state index contributed by atoms with van der Waals surface area (Å²) in [6.45, 7) is 1.35. The van der Waals surface area contributed by atoms with E-state index < -0.39 is 20.0 Å². The van der Waals surface area contributed by atoms with E-state index in [4.69, 9.17) is 4.74 Å². The molecule has 2 aliphatic rings. The van der Waals surface area contributed by atoms with E-state index in [1.54, 1.807) is 4.90 Å². The lowest BCUT2D eigenvalue weighted by atomic mass is 10.0. The van der Waals surface area contributed by atoms with E-state index in [0.717, 1.165) is 34.7 Å². The van der Waals surface area contributed by atoms with Crippen LogP contribution < -0.4 is 9.21 Å². The number of ether oxygens (including phenoxy) is 1. The van der Waals surface area contributed by atoms with E-state index in [0.29, 0.717) is 19.8 Å². The molecule has 0 aliphatic carbocycles. The number of morpholine rings is 1. The van der Waals surface area contributed by atoms with Crippen LogP contribution >= 0.6 is 0 Å². The molecule has 0 N–H and O–H groups in total. The van der Waals surface area contributed by atoms with Crippen molar-refractivity contribution in [1.29, 1.82) is 0 Å². The second kappa shape index (κ2) is 9.41. The minimum atomic E-state index is -3.79. The quantitative estimate of drug-likeness (QED) is 0.603. The Kier molecular flexibility index (Phi) is 6.76. The van der Waals surface area contributed by atoms with Gasteiger partial charge in [-0.1, -0.05) is 18.2 Å². The van der Waals surface area contributed by atoms with Gasteiger partial charge in [0.1, 0.15) is 6.54 Å². The fourth-order valence-corrected chi connectivity index (χ4v) is 6.38. The summed E-state index contributed by atoms with van der Waals surface area (Å²) in [5.74, 6) is -0.336. The van der Waals surface area contributed by atoms with Gasteiger partial charge in [-0.25, -0.2) is 16.8 Å². The SMILES string of the molecule is CS(=O)(=O)N(CC(=O)N1CCCc2ccccc21)c1ccc(S(=O)(=O)N2CCOCC2)cc1. The van der Waals surface area contributed by atoms with Gasteiger partial charge in [0.15, 0.2) is 0 Å². The van der Waals surface area contributed by atoms with E-state index >= 15 is 0 Å². The van der Waals surface area contributed by atoms with Crippen molar-refractivity contribution in [2.75, 3.05) is 54.9 Å². The summed E-state index contributed by atoms with van der Waals surface area (Å²) in [6.07, 6.45) is 2.70. The van der Waals surface area contributed by atoms with E-state index in [9.17, 15) is 21.6 Å². The van der Waals surface area contributed by atoms with E-state index in [1.807, 2.05) is 24.3 Å². The van der Waals surface area contributed by atoms with Gasteiger partial charge in [0.2, 0.25) is 26.0 Å². The molecular formula is C22H27N3O6S2. The summed E-state index contributed by atoms with van der Waals surface area (Å²) in [4.78, 5) is 14.8. The van der Waals surface area contributed by atoms with Crippen LogP contribution in [0, 0.1) is 0 Å². The summed E-state index contributed by atoms with van der Waals surface area (Å²) >= 11 is 0. The van der Waals surface area contributed by atoms with E-state index in [1.165, 1.54) is 28.6 Å². The highest BCUT2D eigenvalue weighted by molar-refractivity contribution is 7.92. The molecule has 9 nitrogen and oxygen atoms in total. The topological polar surface area (TPSA) is 104 Å². The summed E-state index contributed by atoms with van der Waals surface area (Å²) < 4.78 is 58.3. The third kappa shape index (κ3) is 5.06. The number of fused-ring (bicyclic) bond motifs is 1. The molecule has 0 spiro atoms. The number of nitrogens with zero attached hydrogens (tertiary/aromatic N) is 3. The number of amides is 1. The number of aryl methyl sites for hydroxylation is 1. The van der Waals surface area contributed by atoms with Crippen molar-refractivity contribution in [1.82, 2.24) is 4.31 Å². The summed E-state index contributed by atoms with van der Waals surface area (Å²) in [5.41, 5.74) is 2.09. The monoisotopic (exact) mass is 493 g/mol. The van der Waals surface area contributed by atoms with E-state index in [-0.39, 0.29) is 36.1 Å². The zero-order valence-corrected chi connectivity index (χ0v) is 20.0. The number of benzene rings is 2. The molecule has 1 fully saturated rings. The lowest BCUT2D eigenvalue weighted by molar-refractivity contribution is -0.117. The minimum Gasteiger partial charge on any atom is -0.379 e. The Morgan fingerprint density at radius 2 is 1.64 bits per heavy atom. The summed E-state index contributed by atoms with van der Waals surface area (Å²) in [7, 11) is -7.49. The molecule has 2 heterocycles. The van der Waals surface area contributed by atoms with Crippen LogP contribution in [0.5, 0.6) is 0 Å². The van der Waals surface area contributed by atoms with Crippen molar-refractivity contribution in [2.45, 2.75) is 17.7 Å². The number of carbonyl (C=O) groups excluding carboxylic acids is 1. The highest BCUT2D eigenvalue weighted by Crippen LogP contribution is 2.28. The molecule has 33 heavy (non-hydrogen) atoms. The molecule has 0 unspecified atom stereocenters. The summed E-state index contributed by atoms with van der Waals surface area (Å²) in [5, 5.41) is 0. The molecule has 1 amide bonds. The van der Waals surface area contributed by atoms with Gasteiger partial charge in [-0.15, -0.1) is 0 Å². The predicted molar refractivity (Wildman–Crippen MR) is 125 cm³/mol. The number of para-hydroxylation sites is 1. The third-order valence-electron chi connectivity index (χ3n) is 5.82. The van der Waals surface area contributed by atoms with Gasteiger partial charge in [-0.05, 0) is 48.7 Å². The molecule has 0 saturated carbocycles. The van der Waals surface area contributed by atoms with Gasteiger partial charge in [-0.2, -0.15) is 4.31 Å². The van der Waals surface area contributed by atoms with Crippen LogP contribution in [0.1, 0.15) is 12.0 Å². The third-order valence-corrected chi connectivity index (χ3v) is 8.88. The molecule has 2 aliphatic heterocycles. The fraction of sp³-hybridized carbons (Fsp3) is 0.409. The smallest absolute Gasteiger partial charge is 0.247 e. The summed E-state index contributed by atoms with van der Waals surface area (Å²) in [6, 6.07) is 13.2. The van der Waals surface area contributed by atoms with Crippen LogP contribution in [0.2, 0.25) is 0 Å². The lowest BCUT2D eigenvalue weighted by Crippen LogP contribution is -2.44. The maximum Gasteiger partial charge on any atom is 0.247 e. The van der Waals surface area contributed by atoms with Crippen molar-refractivity contribution >= 4 is 37.3 Å². The van der Waals surface area contributed by atoms with Crippen LogP contribution in [0.25, 0.3) is 0 Å². The Bertz CT molecular complexity index is 1220. The van der Waals surface area contributed by atoms with Crippen LogP contribution in [0.15, 0.2) is 53.4 Å². The van der Waals surface area contributed by atoms with Crippen molar-refractivity contribution in [3.8, 4) is 0 Å². The first-order chi connectivity index (χ1) is 15.7. The molecule has 2 aromatic rings.